The number of hydrogen-bond donors (Lipinski definition) is 1. The van der Waals surface area contributed by atoms with Gasteiger partial charge in [0.1, 0.15) is 5.01 Å². The van der Waals surface area contributed by atoms with Crippen molar-refractivity contribution in [2.45, 2.75) is 19.8 Å². The summed E-state index contributed by atoms with van der Waals surface area (Å²) in [5.41, 5.74) is 4.93. The second kappa shape index (κ2) is 5.85. The quantitative estimate of drug-likeness (QED) is 0.943. The minimum absolute atomic E-state index is 0.737. The summed E-state index contributed by atoms with van der Waals surface area (Å²) < 4.78 is 5.48. The molecule has 1 aromatic carbocycles. The standard InChI is InChI=1S/C16H19N3OS/c1-2-13-9-20-10-14(13)7-12(1)15-11-21-16(18-15)8-19-5-3-17-4-6-19/h1-2,7,11,17H,3-6,8-10H2. The van der Waals surface area contributed by atoms with Crippen LogP contribution in [-0.2, 0) is 24.5 Å². The first-order valence-electron chi connectivity index (χ1n) is 7.46. The number of hydrogen-bond acceptors (Lipinski definition) is 5. The summed E-state index contributed by atoms with van der Waals surface area (Å²) in [6.45, 7) is 6.87. The summed E-state index contributed by atoms with van der Waals surface area (Å²) in [6, 6.07) is 6.57. The molecule has 2 aromatic rings. The van der Waals surface area contributed by atoms with E-state index in [-0.39, 0.29) is 0 Å². The Morgan fingerprint density at radius 3 is 2.95 bits per heavy atom. The second-order valence-electron chi connectivity index (χ2n) is 5.63. The van der Waals surface area contributed by atoms with Crippen molar-refractivity contribution in [1.82, 2.24) is 15.2 Å². The molecule has 4 nitrogen and oxygen atoms in total. The molecule has 0 aliphatic carbocycles. The highest BCUT2D eigenvalue weighted by atomic mass is 32.1. The summed E-state index contributed by atoms with van der Waals surface area (Å²) in [5, 5.41) is 6.77. The van der Waals surface area contributed by atoms with Crippen LogP contribution in [0.4, 0.5) is 0 Å². The number of piperazine rings is 1. The minimum Gasteiger partial charge on any atom is -0.372 e. The molecule has 5 heteroatoms. The van der Waals surface area contributed by atoms with E-state index in [1.165, 1.54) is 21.7 Å². The van der Waals surface area contributed by atoms with Gasteiger partial charge in [-0.2, -0.15) is 0 Å². The number of rotatable bonds is 3. The lowest BCUT2D eigenvalue weighted by Gasteiger charge is -2.26. The van der Waals surface area contributed by atoms with Gasteiger partial charge in [0.15, 0.2) is 0 Å². The molecule has 1 fully saturated rings. The molecule has 2 aliphatic heterocycles. The van der Waals surface area contributed by atoms with Crippen LogP contribution in [0.5, 0.6) is 0 Å². The van der Waals surface area contributed by atoms with E-state index in [0.29, 0.717) is 0 Å². The summed E-state index contributed by atoms with van der Waals surface area (Å²) in [7, 11) is 0. The van der Waals surface area contributed by atoms with Crippen LogP contribution in [0.2, 0.25) is 0 Å². The van der Waals surface area contributed by atoms with Crippen LogP contribution in [0.15, 0.2) is 23.6 Å². The number of ether oxygens (including phenoxy) is 1. The van der Waals surface area contributed by atoms with Gasteiger partial charge in [0, 0.05) is 37.1 Å². The molecule has 0 saturated carbocycles. The fourth-order valence-corrected chi connectivity index (χ4v) is 3.75. The van der Waals surface area contributed by atoms with Gasteiger partial charge in [0.2, 0.25) is 0 Å². The number of aromatic nitrogens is 1. The topological polar surface area (TPSA) is 37.4 Å². The number of benzene rings is 1. The Labute approximate surface area is 128 Å². The second-order valence-corrected chi connectivity index (χ2v) is 6.57. The van der Waals surface area contributed by atoms with E-state index in [4.69, 9.17) is 9.72 Å². The van der Waals surface area contributed by atoms with Gasteiger partial charge in [0.05, 0.1) is 25.5 Å². The Balaban J connectivity index is 1.51. The molecule has 1 N–H and O–H groups in total. The molecule has 1 saturated heterocycles. The molecular formula is C16H19N3OS. The van der Waals surface area contributed by atoms with Crippen LogP contribution in [0.25, 0.3) is 11.3 Å². The van der Waals surface area contributed by atoms with Gasteiger partial charge >= 0.3 is 0 Å². The van der Waals surface area contributed by atoms with E-state index in [9.17, 15) is 0 Å². The maximum Gasteiger partial charge on any atom is 0.107 e. The smallest absolute Gasteiger partial charge is 0.107 e. The molecule has 110 valence electrons. The molecule has 4 rings (SSSR count). The van der Waals surface area contributed by atoms with Crippen LogP contribution in [0.1, 0.15) is 16.1 Å². The Hall–Kier alpha value is -1.27. The van der Waals surface area contributed by atoms with Crippen LogP contribution in [-0.4, -0.2) is 36.1 Å². The van der Waals surface area contributed by atoms with E-state index >= 15 is 0 Å². The Morgan fingerprint density at radius 2 is 2.05 bits per heavy atom. The fraction of sp³-hybridized carbons (Fsp3) is 0.438. The zero-order chi connectivity index (χ0) is 14.1. The summed E-state index contributed by atoms with van der Waals surface area (Å²) in [5.74, 6) is 0. The maximum atomic E-state index is 5.48. The normalized spacial score (nSPS) is 18.9. The molecular weight excluding hydrogens is 282 g/mol. The van der Waals surface area contributed by atoms with E-state index in [1.807, 2.05) is 0 Å². The van der Waals surface area contributed by atoms with Crippen LogP contribution in [0.3, 0.4) is 0 Å². The summed E-state index contributed by atoms with van der Waals surface area (Å²) >= 11 is 1.77. The van der Waals surface area contributed by atoms with Crippen molar-refractivity contribution in [3.05, 3.63) is 39.7 Å². The van der Waals surface area contributed by atoms with Crippen molar-refractivity contribution >= 4 is 11.3 Å². The van der Waals surface area contributed by atoms with Crippen molar-refractivity contribution in [3.63, 3.8) is 0 Å². The van der Waals surface area contributed by atoms with Crippen molar-refractivity contribution in [1.29, 1.82) is 0 Å². The summed E-state index contributed by atoms with van der Waals surface area (Å²) in [6.07, 6.45) is 0. The van der Waals surface area contributed by atoms with Crippen LogP contribution >= 0.6 is 11.3 Å². The highest BCUT2D eigenvalue weighted by molar-refractivity contribution is 7.09. The van der Waals surface area contributed by atoms with E-state index in [2.05, 4.69) is 33.8 Å². The molecule has 0 spiro atoms. The molecule has 2 aliphatic rings. The molecule has 0 unspecified atom stereocenters. The highest BCUT2D eigenvalue weighted by Crippen LogP contribution is 2.28. The number of fused-ring (bicyclic) bond motifs is 1. The van der Waals surface area contributed by atoms with Crippen molar-refractivity contribution < 1.29 is 4.74 Å². The zero-order valence-corrected chi connectivity index (χ0v) is 12.8. The third kappa shape index (κ3) is 2.87. The van der Waals surface area contributed by atoms with Gasteiger partial charge in [-0.1, -0.05) is 12.1 Å². The van der Waals surface area contributed by atoms with Crippen LogP contribution in [0, 0.1) is 0 Å². The van der Waals surface area contributed by atoms with Crippen molar-refractivity contribution in [3.8, 4) is 11.3 Å². The number of thiazole rings is 1. The molecule has 21 heavy (non-hydrogen) atoms. The van der Waals surface area contributed by atoms with Gasteiger partial charge in [0.25, 0.3) is 0 Å². The third-order valence-corrected chi connectivity index (χ3v) is 4.97. The first-order valence-corrected chi connectivity index (χ1v) is 8.34. The first-order chi connectivity index (χ1) is 10.4. The lowest BCUT2D eigenvalue weighted by atomic mass is 10.1. The van der Waals surface area contributed by atoms with Gasteiger partial charge in [-0.3, -0.25) is 4.90 Å². The Bertz CT molecular complexity index is 634. The van der Waals surface area contributed by atoms with E-state index in [1.54, 1.807) is 11.3 Å². The van der Waals surface area contributed by atoms with Gasteiger partial charge < -0.3 is 10.1 Å². The molecule has 0 amide bonds. The van der Waals surface area contributed by atoms with Crippen LogP contribution < -0.4 is 5.32 Å². The molecule has 0 radical (unpaired) electrons. The predicted octanol–water partition coefficient (Wildman–Crippen LogP) is 2.25. The molecule has 0 atom stereocenters. The predicted molar refractivity (Wildman–Crippen MR) is 84.2 cm³/mol. The maximum absolute atomic E-state index is 5.48. The lowest BCUT2D eigenvalue weighted by molar-refractivity contribution is 0.134. The average molecular weight is 301 g/mol. The summed E-state index contributed by atoms with van der Waals surface area (Å²) in [4.78, 5) is 7.28. The highest BCUT2D eigenvalue weighted by Gasteiger charge is 2.15. The first kappa shape index (κ1) is 13.4. The van der Waals surface area contributed by atoms with E-state index < -0.39 is 0 Å². The Kier molecular flexibility index (Phi) is 3.73. The fourth-order valence-electron chi connectivity index (χ4n) is 2.91. The lowest BCUT2D eigenvalue weighted by Crippen LogP contribution is -2.42. The molecule has 3 heterocycles. The van der Waals surface area contributed by atoms with Gasteiger partial charge in [-0.25, -0.2) is 4.98 Å². The largest absolute Gasteiger partial charge is 0.372 e. The SMILES string of the molecule is c1cc2c(cc1-c1csc(CN3CCNCC3)n1)COC2. The third-order valence-electron chi connectivity index (χ3n) is 4.14. The number of nitrogens with one attached hydrogen (secondary N) is 1. The monoisotopic (exact) mass is 301 g/mol. The zero-order valence-electron chi connectivity index (χ0n) is 12.0. The molecule has 1 aromatic heterocycles. The van der Waals surface area contributed by atoms with E-state index in [0.717, 1.165) is 51.6 Å². The number of nitrogens with zero attached hydrogens (tertiary/aromatic N) is 2. The minimum atomic E-state index is 0.737. The Morgan fingerprint density at radius 1 is 1.19 bits per heavy atom. The van der Waals surface area contributed by atoms with Crippen molar-refractivity contribution in [2.24, 2.45) is 0 Å². The van der Waals surface area contributed by atoms with Gasteiger partial charge in [-0.15, -0.1) is 11.3 Å². The average Bonchev–Trinajstić information content (AvgIpc) is 3.16. The molecule has 0 bridgehead atoms. The van der Waals surface area contributed by atoms with Gasteiger partial charge in [-0.05, 0) is 17.2 Å². The van der Waals surface area contributed by atoms with Crippen molar-refractivity contribution in [2.75, 3.05) is 26.2 Å².